The lowest BCUT2D eigenvalue weighted by atomic mass is 10.0. The maximum absolute atomic E-state index is 13.2. The van der Waals surface area contributed by atoms with E-state index in [-0.39, 0.29) is 6.04 Å². The number of nitrogens with two attached hydrogens (primary N) is 1. The van der Waals surface area contributed by atoms with Crippen molar-refractivity contribution in [2.45, 2.75) is 24.9 Å². The van der Waals surface area contributed by atoms with Gasteiger partial charge in [-0.2, -0.15) is 0 Å². The Labute approximate surface area is 119 Å². The number of benzene rings is 1. The topological polar surface area (TPSA) is 32.5 Å². The number of hydrogen-bond donors (Lipinski definition) is 1. The Bertz CT molecular complexity index is 445. The summed E-state index contributed by atoms with van der Waals surface area (Å²) in [6.07, 6.45) is 2.25. The SMILES string of the molecule is CN1CCC(N(C)CC(N)c2ccc(F)c(F)c2)CC1. The van der Waals surface area contributed by atoms with Crippen molar-refractivity contribution in [3.63, 3.8) is 0 Å². The Kier molecular flexibility index (Phi) is 5.07. The standard InChI is InChI=1S/C15H23F2N3/c1-19-7-5-12(6-8-19)20(2)10-15(18)11-3-4-13(16)14(17)9-11/h3-4,9,12,15H,5-8,10,18H2,1-2H3. The van der Waals surface area contributed by atoms with E-state index in [1.807, 2.05) is 0 Å². The third-order valence-electron chi connectivity index (χ3n) is 4.17. The van der Waals surface area contributed by atoms with E-state index in [1.54, 1.807) is 6.07 Å². The zero-order chi connectivity index (χ0) is 14.7. The van der Waals surface area contributed by atoms with Crippen LogP contribution in [0.5, 0.6) is 0 Å². The molecule has 0 bridgehead atoms. The Morgan fingerprint density at radius 3 is 2.55 bits per heavy atom. The van der Waals surface area contributed by atoms with Crippen LogP contribution in [-0.4, -0.2) is 49.6 Å². The lowest BCUT2D eigenvalue weighted by Gasteiger charge is -2.36. The third-order valence-corrected chi connectivity index (χ3v) is 4.17. The van der Waals surface area contributed by atoms with Gasteiger partial charge in [-0.25, -0.2) is 8.78 Å². The van der Waals surface area contributed by atoms with Gasteiger partial charge in [-0.3, -0.25) is 0 Å². The van der Waals surface area contributed by atoms with Crippen molar-refractivity contribution in [2.75, 3.05) is 33.7 Å². The maximum atomic E-state index is 13.2. The third kappa shape index (κ3) is 3.75. The second-order valence-corrected chi connectivity index (χ2v) is 5.75. The zero-order valence-electron chi connectivity index (χ0n) is 12.1. The summed E-state index contributed by atoms with van der Waals surface area (Å²) >= 11 is 0. The average Bonchev–Trinajstić information content (AvgIpc) is 2.42. The van der Waals surface area contributed by atoms with Crippen LogP contribution < -0.4 is 5.73 Å². The molecule has 0 aliphatic carbocycles. The van der Waals surface area contributed by atoms with Crippen molar-refractivity contribution in [1.29, 1.82) is 0 Å². The van der Waals surface area contributed by atoms with E-state index < -0.39 is 11.6 Å². The molecule has 1 atom stereocenters. The van der Waals surface area contributed by atoms with Crippen LogP contribution in [0.3, 0.4) is 0 Å². The van der Waals surface area contributed by atoms with Crippen molar-refractivity contribution in [1.82, 2.24) is 9.80 Å². The molecule has 0 radical (unpaired) electrons. The second kappa shape index (κ2) is 6.61. The quantitative estimate of drug-likeness (QED) is 0.917. The molecule has 0 amide bonds. The highest BCUT2D eigenvalue weighted by atomic mass is 19.2. The minimum absolute atomic E-state index is 0.297. The molecule has 1 aliphatic rings. The van der Waals surface area contributed by atoms with E-state index in [0.29, 0.717) is 18.2 Å². The first-order chi connectivity index (χ1) is 9.47. The van der Waals surface area contributed by atoms with Gasteiger partial charge in [0.2, 0.25) is 0 Å². The summed E-state index contributed by atoms with van der Waals surface area (Å²) in [5, 5.41) is 0. The molecule has 1 unspecified atom stereocenters. The van der Waals surface area contributed by atoms with Gasteiger partial charge in [0, 0.05) is 18.6 Å². The fourth-order valence-corrected chi connectivity index (χ4v) is 2.74. The fraction of sp³-hybridized carbons (Fsp3) is 0.600. The molecule has 1 saturated heterocycles. The average molecular weight is 283 g/mol. The highest BCUT2D eigenvalue weighted by Gasteiger charge is 2.22. The first-order valence-corrected chi connectivity index (χ1v) is 7.06. The Morgan fingerprint density at radius 1 is 1.30 bits per heavy atom. The van der Waals surface area contributed by atoms with E-state index in [0.717, 1.165) is 32.0 Å². The molecule has 0 aromatic heterocycles. The highest BCUT2D eigenvalue weighted by Crippen LogP contribution is 2.19. The lowest BCUT2D eigenvalue weighted by Crippen LogP contribution is -2.44. The van der Waals surface area contributed by atoms with Crippen molar-refractivity contribution >= 4 is 0 Å². The summed E-state index contributed by atoms with van der Waals surface area (Å²) in [5.41, 5.74) is 6.75. The molecule has 5 heteroatoms. The van der Waals surface area contributed by atoms with Gasteiger partial charge in [0.15, 0.2) is 11.6 Å². The summed E-state index contributed by atoms with van der Waals surface area (Å²) < 4.78 is 26.1. The molecule has 112 valence electrons. The van der Waals surface area contributed by atoms with Gasteiger partial charge < -0.3 is 15.5 Å². The summed E-state index contributed by atoms with van der Waals surface area (Å²) in [7, 11) is 4.18. The molecule has 1 aromatic carbocycles. The van der Waals surface area contributed by atoms with Gasteiger partial charge in [0.1, 0.15) is 0 Å². The normalized spacial score (nSPS) is 19.5. The molecule has 2 N–H and O–H groups in total. The lowest BCUT2D eigenvalue weighted by molar-refractivity contribution is 0.139. The first-order valence-electron chi connectivity index (χ1n) is 7.06. The van der Waals surface area contributed by atoms with Crippen LogP contribution in [0, 0.1) is 11.6 Å². The smallest absolute Gasteiger partial charge is 0.159 e. The Balaban J connectivity index is 1.93. The van der Waals surface area contributed by atoms with Crippen LogP contribution in [0.15, 0.2) is 18.2 Å². The van der Waals surface area contributed by atoms with E-state index in [4.69, 9.17) is 5.73 Å². The molecular formula is C15H23F2N3. The van der Waals surface area contributed by atoms with Gasteiger partial charge in [0.25, 0.3) is 0 Å². The molecule has 20 heavy (non-hydrogen) atoms. The van der Waals surface area contributed by atoms with E-state index in [1.165, 1.54) is 6.07 Å². The highest BCUT2D eigenvalue weighted by molar-refractivity contribution is 5.21. The number of halogens is 2. The molecule has 0 saturated carbocycles. The summed E-state index contributed by atoms with van der Waals surface area (Å²) in [6, 6.07) is 4.12. The molecule has 1 aromatic rings. The summed E-state index contributed by atoms with van der Waals surface area (Å²) in [4.78, 5) is 4.55. The van der Waals surface area contributed by atoms with E-state index in [9.17, 15) is 8.78 Å². The van der Waals surface area contributed by atoms with Gasteiger partial charge in [-0.05, 0) is 57.7 Å². The van der Waals surface area contributed by atoms with Crippen LogP contribution in [0.2, 0.25) is 0 Å². The van der Waals surface area contributed by atoms with Crippen LogP contribution in [0.1, 0.15) is 24.4 Å². The van der Waals surface area contributed by atoms with Gasteiger partial charge in [0.05, 0.1) is 0 Å². The number of likely N-dealkylation sites (N-methyl/N-ethyl adjacent to an activating group) is 1. The van der Waals surface area contributed by atoms with Crippen LogP contribution in [0.25, 0.3) is 0 Å². The monoisotopic (exact) mass is 283 g/mol. The molecule has 1 heterocycles. The number of hydrogen-bond acceptors (Lipinski definition) is 3. The van der Waals surface area contributed by atoms with Crippen molar-refractivity contribution in [2.24, 2.45) is 5.73 Å². The zero-order valence-corrected chi connectivity index (χ0v) is 12.1. The van der Waals surface area contributed by atoms with Crippen LogP contribution >= 0.6 is 0 Å². The summed E-state index contributed by atoms with van der Waals surface area (Å²) in [6.45, 7) is 2.84. The number of rotatable bonds is 4. The molecule has 3 nitrogen and oxygen atoms in total. The first kappa shape index (κ1) is 15.4. The summed E-state index contributed by atoms with van der Waals surface area (Å²) in [5.74, 6) is -1.66. The Hall–Kier alpha value is -1.04. The molecular weight excluding hydrogens is 260 g/mol. The number of likely N-dealkylation sites (tertiary alicyclic amines) is 1. The largest absolute Gasteiger partial charge is 0.323 e. The van der Waals surface area contributed by atoms with Crippen LogP contribution in [0.4, 0.5) is 8.78 Å². The molecule has 2 rings (SSSR count). The van der Waals surface area contributed by atoms with Crippen molar-refractivity contribution in [3.05, 3.63) is 35.4 Å². The van der Waals surface area contributed by atoms with Gasteiger partial charge >= 0.3 is 0 Å². The van der Waals surface area contributed by atoms with Crippen LogP contribution in [-0.2, 0) is 0 Å². The molecule has 1 aliphatic heterocycles. The minimum atomic E-state index is -0.833. The Morgan fingerprint density at radius 2 is 1.95 bits per heavy atom. The minimum Gasteiger partial charge on any atom is -0.323 e. The van der Waals surface area contributed by atoms with Crippen molar-refractivity contribution in [3.8, 4) is 0 Å². The number of nitrogens with zero attached hydrogens (tertiary/aromatic N) is 2. The van der Waals surface area contributed by atoms with E-state index in [2.05, 4.69) is 23.9 Å². The predicted octanol–water partition coefficient (Wildman–Crippen LogP) is 1.99. The van der Waals surface area contributed by atoms with Crippen molar-refractivity contribution < 1.29 is 8.78 Å². The maximum Gasteiger partial charge on any atom is 0.159 e. The second-order valence-electron chi connectivity index (χ2n) is 5.75. The predicted molar refractivity (Wildman–Crippen MR) is 76.4 cm³/mol. The fourth-order valence-electron chi connectivity index (χ4n) is 2.74. The van der Waals surface area contributed by atoms with E-state index >= 15 is 0 Å². The molecule has 1 fully saturated rings. The van der Waals surface area contributed by atoms with Gasteiger partial charge in [-0.15, -0.1) is 0 Å². The molecule has 0 spiro atoms. The van der Waals surface area contributed by atoms with Gasteiger partial charge in [-0.1, -0.05) is 6.07 Å². The number of piperidine rings is 1.